The average molecular weight is 463 g/mol. The topological polar surface area (TPSA) is 107 Å². The molecule has 0 spiro atoms. The van der Waals surface area contributed by atoms with Gasteiger partial charge in [-0.15, -0.1) is 16.4 Å². The molecule has 4 aromatic heterocycles. The first-order valence-electron chi connectivity index (χ1n) is 9.91. The number of halogens is 1. The van der Waals surface area contributed by atoms with Crippen LogP contribution >= 0.6 is 22.9 Å². The van der Waals surface area contributed by atoms with Crippen LogP contribution < -0.4 is 5.56 Å². The summed E-state index contributed by atoms with van der Waals surface area (Å²) in [4.78, 5) is 25.4. The van der Waals surface area contributed by atoms with E-state index >= 15 is 0 Å². The number of fused-ring (bicyclic) bond motifs is 1. The van der Waals surface area contributed by atoms with Crippen LogP contribution in [0, 0.1) is 0 Å². The van der Waals surface area contributed by atoms with Crippen molar-refractivity contribution < 1.29 is 0 Å². The number of aryl methyl sites for hydroxylation is 1. The molecule has 11 heteroatoms. The van der Waals surface area contributed by atoms with Crippen molar-refractivity contribution in [3.8, 4) is 27.5 Å². The lowest BCUT2D eigenvalue weighted by Gasteiger charge is -2.15. The van der Waals surface area contributed by atoms with Gasteiger partial charge in [-0.3, -0.25) is 4.79 Å². The summed E-state index contributed by atoms with van der Waals surface area (Å²) in [7, 11) is 0. The van der Waals surface area contributed by atoms with Crippen LogP contribution in [0.2, 0.25) is 5.02 Å². The van der Waals surface area contributed by atoms with E-state index < -0.39 is 0 Å². The molecule has 1 N–H and O–H groups in total. The second-order valence-corrected chi connectivity index (χ2v) is 8.76. The van der Waals surface area contributed by atoms with E-state index in [1.807, 2.05) is 28.1 Å². The van der Waals surface area contributed by atoms with Gasteiger partial charge in [0.1, 0.15) is 17.2 Å². The minimum atomic E-state index is -0.140. The number of hydrogen-bond donors (Lipinski definition) is 1. The summed E-state index contributed by atoms with van der Waals surface area (Å²) in [6.45, 7) is 0. The monoisotopic (exact) mass is 462 g/mol. The summed E-state index contributed by atoms with van der Waals surface area (Å²) in [5.41, 5.74) is 4.04. The summed E-state index contributed by atoms with van der Waals surface area (Å²) < 4.78 is 3.37. The van der Waals surface area contributed by atoms with Gasteiger partial charge in [-0.1, -0.05) is 11.6 Å². The number of aromatic amines is 1. The molecule has 0 amide bonds. The van der Waals surface area contributed by atoms with Crippen LogP contribution in [0.15, 0.2) is 59.2 Å². The smallest absolute Gasteiger partial charge is 0.252 e. The summed E-state index contributed by atoms with van der Waals surface area (Å²) >= 11 is 7.82. The van der Waals surface area contributed by atoms with Gasteiger partial charge in [0, 0.05) is 33.9 Å². The van der Waals surface area contributed by atoms with E-state index in [1.165, 1.54) is 6.33 Å². The number of imidazole rings is 1. The maximum absolute atomic E-state index is 13.2. The van der Waals surface area contributed by atoms with Gasteiger partial charge < -0.3 is 9.55 Å². The fourth-order valence-corrected chi connectivity index (χ4v) is 4.97. The van der Waals surface area contributed by atoms with Crippen LogP contribution in [-0.4, -0.2) is 39.7 Å². The van der Waals surface area contributed by atoms with Gasteiger partial charge >= 0.3 is 0 Å². The molecule has 0 fully saturated rings. The van der Waals surface area contributed by atoms with Gasteiger partial charge in [-0.2, -0.15) is 4.68 Å². The average Bonchev–Trinajstić information content (AvgIpc) is 3.60. The molecule has 6 rings (SSSR count). The van der Waals surface area contributed by atoms with Crippen molar-refractivity contribution in [1.82, 2.24) is 39.7 Å². The first kappa shape index (κ1) is 19.1. The third kappa shape index (κ3) is 3.15. The second-order valence-electron chi connectivity index (χ2n) is 7.43. The molecular weight excluding hydrogens is 448 g/mol. The Hall–Kier alpha value is -3.63. The molecule has 1 aliphatic heterocycles. The Morgan fingerprint density at radius 1 is 1.19 bits per heavy atom. The molecule has 0 aliphatic carbocycles. The number of nitrogens with one attached hydrogen (secondary N) is 1. The maximum atomic E-state index is 13.2. The molecule has 5 aromatic rings. The third-order valence-corrected chi connectivity index (χ3v) is 6.61. The van der Waals surface area contributed by atoms with Crippen molar-refractivity contribution in [2.75, 3.05) is 0 Å². The van der Waals surface area contributed by atoms with Crippen molar-refractivity contribution in [3.05, 3.63) is 81.3 Å². The van der Waals surface area contributed by atoms with E-state index in [1.54, 1.807) is 40.5 Å². The van der Waals surface area contributed by atoms with Crippen molar-refractivity contribution >= 4 is 22.9 Å². The molecule has 5 heterocycles. The van der Waals surface area contributed by atoms with E-state index in [-0.39, 0.29) is 11.6 Å². The van der Waals surface area contributed by atoms with Crippen LogP contribution in [0.5, 0.6) is 0 Å². The van der Waals surface area contributed by atoms with Gasteiger partial charge in [0.15, 0.2) is 0 Å². The Bertz CT molecular complexity index is 1470. The van der Waals surface area contributed by atoms with E-state index in [4.69, 9.17) is 11.6 Å². The fourth-order valence-electron chi connectivity index (χ4n) is 4.19. The van der Waals surface area contributed by atoms with Crippen molar-refractivity contribution in [2.45, 2.75) is 18.9 Å². The van der Waals surface area contributed by atoms with E-state index in [0.717, 1.165) is 51.9 Å². The molecule has 0 radical (unpaired) electrons. The number of thiazole rings is 1. The highest BCUT2D eigenvalue weighted by molar-refractivity contribution is 7.13. The predicted molar refractivity (Wildman–Crippen MR) is 120 cm³/mol. The Morgan fingerprint density at radius 3 is 2.94 bits per heavy atom. The van der Waals surface area contributed by atoms with Gasteiger partial charge in [0.25, 0.3) is 5.56 Å². The van der Waals surface area contributed by atoms with E-state index in [0.29, 0.717) is 5.02 Å². The number of nitrogens with zero attached hydrogens (tertiary/aromatic N) is 7. The normalized spacial score (nSPS) is 15.2. The zero-order chi connectivity index (χ0) is 21.7. The summed E-state index contributed by atoms with van der Waals surface area (Å²) in [6.07, 6.45) is 6.60. The van der Waals surface area contributed by atoms with Gasteiger partial charge in [-0.05, 0) is 53.1 Å². The first-order chi connectivity index (χ1) is 15.7. The number of pyridine rings is 1. The number of hydrogen-bond acceptors (Lipinski definition) is 7. The predicted octanol–water partition coefficient (Wildman–Crippen LogP) is 3.53. The highest BCUT2D eigenvalue weighted by Crippen LogP contribution is 2.34. The molecule has 32 heavy (non-hydrogen) atoms. The first-order valence-corrected chi connectivity index (χ1v) is 11.2. The summed E-state index contributed by atoms with van der Waals surface area (Å²) in [5.74, 6) is 0.765. The Kier molecular flexibility index (Phi) is 4.47. The molecule has 0 unspecified atom stereocenters. The van der Waals surface area contributed by atoms with Crippen LogP contribution in [0.4, 0.5) is 0 Å². The highest BCUT2D eigenvalue weighted by atomic mass is 35.5. The lowest BCUT2D eigenvalue weighted by molar-refractivity contribution is 0.572. The molecule has 1 aliphatic rings. The SMILES string of the molecule is O=c1cc(-c2cc(Cl)ccc2-n2cnnn2)cc2n1[C@H](c1ncc(-c3nccs3)[nH]1)CC2. The minimum absolute atomic E-state index is 0.0881. The van der Waals surface area contributed by atoms with E-state index in [2.05, 4.69) is 30.5 Å². The Morgan fingerprint density at radius 2 is 2.12 bits per heavy atom. The number of rotatable bonds is 4. The van der Waals surface area contributed by atoms with Crippen LogP contribution in [0.3, 0.4) is 0 Å². The number of benzene rings is 1. The second kappa shape index (κ2) is 7.50. The van der Waals surface area contributed by atoms with Gasteiger partial charge in [0.05, 0.1) is 23.6 Å². The minimum Gasteiger partial charge on any atom is -0.338 e. The lowest BCUT2D eigenvalue weighted by Crippen LogP contribution is -2.23. The molecular formula is C21H15ClN8OS. The lowest BCUT2D eigenvalue weighted by atomic mass is 10.0. The van der Waals surface area contributed by atoms with Crippen LogP contribution in [-0.2, 0) is 6.42 Å². The van der Waals surface area contributed by atoms with Crippen molar-refractivity contribution in [2.24, 2.45) is 0 Å². The summed E-state index contributed by atoms with van der Waals surface area (Å²) in [6, 6.07) is 8.96. The molecule has 0 bridgehead atoms. The quantitative estimate of drug-likeness (QED) is 0.438. The molecule has 9 nitrogen and oxygen atoms in total. The zero-order valence-corrected chi connectivity index (χ0v) is 18.1. The fraction of sp³-hybridized carbons (Fsp3) is 0.143. The van der Waals surface area contributed by atoms with Gasteiger partial charge in [0.2, 0.25) is 0 Å². The molecule has 1 aromatic carbocycles. The number of H-pyrrole nitrogens is 1. The van der Waals surface area contributed by atoms with E-state index in [9.17, 15) is 4.79 Å². The number of aromatic nitrogens is 8. The maximum Gasteiger partial charge on any atom is 0.252 e. The molecule has 1 atom stereocenters. The van der Waals surface area contributed by atoms with Crippen molar-refractivity contribution in [3.63, 3.8) is 0 Å². The van der Waals surface area contributed by atoms with Crippen molar-refractivity contribution in [1.29, 1.82) is 0 Å². The molecule has 158 valence electrons. The summed E-state index contributed by atoms with van der Waals surface area (Å²) in [5, 5.41) is 14.8. The largest absolute Gasteiger partial charge is 0.338 e. The standard InChI is InChI=1S/C21H15ClN8OS/c22-13-1-3-17(29-11-25-27-28-29)15(9-13)12-7-14-2-4-18(30(14)19(31)8-12)20-24-10-16(26-20)21-23-5-6-32-21/h1,3,5-11,18H,2,4H2,(H,24,26)/t18-/m0/s1. The number of tetrazole rings is 1. The Balaban J connectivity index is 1.42. The zero-order valence-electron chi connectivity index (χ0n) is 16.5. The molecule has 0 saturated carbocycles. The Labute approximate surface area is 190 Å². The van der Waals surface area contributed by atoms with Crippen LogP contribution in [0.25, 0.3) is 27.5 Å². The highest BCUT2D eigenvalue weighted by Gasteiger charge is 2.28. The third-order valence-electron chi connectivity index (χ3n) is 5.57. The molecule has 0 saturated heterocycles. The van der Waals surface area contributed by atoms with Crippen LogP contribution in [0.1, 0.15) is 24.0 Å². The van der Waals surface area contributed by atoms with Gasteiger partial charge in [-0.25, -0.2) is 9.97 Å².